The highest BCUT2D eigenvalue weighted by Gasteiger charge is 2.03. The second-order valence-corrected chi connectivity index (χ2v) is 2.32. The van der Waals surface area contributed by atoms with Crippen molar-refractivity contribution in [3.05, 3.63) is 23.4 Å². The summed E-state index contributed by atoms with van der Waals surface area (Å²) in [5.41, 5.74) is 1.42. The zero-order valence-electron chi connectivity index (χ0n) is 7.16. The SMILES string of the molecule is CCc1ccc(C#N)c(OC)n1. The molecule has 1 heterocycles. The van der Waals surface area contributed by atoms with Gasteiger partial charge < -0.3 is 4.74 Å². The van der Waals surface area contributed by atoms with E-state index >= 15 is 0 Å². The molecule has 0 saturated heterocycles. The minimum Gasteiger partial charge on any atom is -0.480 e. The summed E-state index contributed by atoms with van der Waals surface area (Å²) in [6, 6.07) is 5.57. The first-order valence-electron chi connectivity index (χ1n) is 3.75. The van der Waals surface area contributed by atoms with E-state index in [9.17, 15) is 0 Å². The predicted molar refractivity (Wildman–Crippen MR) is 44.9 cm³/mol. The highest BCUT2D eigenvalue weighted by atomic mass is 16.5. The van der Waals surface area contributed by atoms with Gasteiger partial charge in [-0.15, -0.1) is 0 Å². The number of nitrogens with zero attached hydrogens (tertiary/aromatic N) is 2. The number of aryl methyl sites for hydroxylation is 1. The van der Waals surface area contributed by atoms with Crippen molar-refractivity contribution >= 4 is 0 Å². The third-order valence-electron chi connectivity index (χ3n) is 1.59. The molecule has 0 saturated carbocycles. The number of hydrogen-bond donors (Lipinski definition) is 0. The van der Waals surface area contributed by atoms with Crippen molar-refractivity contribution in [3.63, 3.8) is 0 Å². The number of nitriles is 1. The molecule has 0 unspecified atom stereocenters. The molecule has 0 bridgehead atoms. The maximum absolute atomic E-state index is 8.64. The maximum atomic E-state index is 8.64. The second kappa shape index (κ2) is 3.72. The van der Waals surface area contributed by atoms with Crippen LogP contribution in [0.5, 0.6) is 5.88 Å². The van der Waals surface area contributed by atoms with Gasteiger partial charge >= 0.3 is 0 Å². The van der Waals surface area contributed by atoms with Gasteiger partial charge in [0.05, 0.1) is 7.11 Å². The fourth-order valence-corrected chi connectivity index (χ4v) is 0.916. The van der Waals surface area contributed by atoms with Crippen LogP contribution in [0.15, 0.2) is 12.1 Å². The molecule has 3 heteroatoms. The van der Waals surface area contributed by atoms with Gasteiger partial charge in [-0.3, -0.25) is 0 Å². The first kappa shape index (κ1) is 8.54. The molecule has 0 aliphatic carbocycles. The van der Waals surface area contributed by atoms with Crippen LogP contribution in [-0.2, 0) is 6.42 Å². The van der Waals surface area contributed by atoms with Gasteiger partial charge in [-0.2, -0.15) is 5.26 Å². The van der Waals surface area contributed by atoms with Crippen molar-refractivity contribution in [2.24, 2.45) is 0 Å². The van der Waals surface area contributed by atoms with E-state index < -0.39 is 0 Å². The van der Waals surface area contributed by atoms with Gasteiger partial charge in [-0.25, -0.2) is 4.98 Å². The summed E-state index contributed by atoms with van der Waals surface area (Å²) in [7, 11) is 1.52. The Balaban J connectivity index is 3.13. The highest BCUT2D eigenvalue weighted by molar-refractivity contribution is 5.38. The van der Waals surface area contributed by atoms with Gasteiger partial charge in [-0.1, -0.05) is 6.92 Å². The van der Waals surface area contributed by atoms with Gasteiger partial charge in [0.2, 0.25) is 5.88 Å². The Kier molecular flexibility index (Phi) is 2.65. The molecular formula is C9H10N2O. The highest BCUT2D eigenvalue weighted by Crippen LogP contribution is 2.14. The van der Waals surface area contributed by atoms with Gasteiger partial charge in [0.25, 0.3) is 0 Å². The van der Waals surface area contributed by atoms with Crippen molar-refractivity contribution in [2.45, 2.75) is 13.3 Å². The first-order chi connectivity index (χ1) is 5.81. The van der Waals surface area contributed by atoms with Gasteiger partial charge in [0.15, 0.2) is 0 Å². The number of rotatable bonds is 2. The summed E-state index contributed by atoms with van der Waals surface area (Å²) < 4.78 is 4.95. The monoisotopic (exact) mass is 162 g/mol. The Morgan fingerprint density at radius 3 is 2.83 bits per heavy atom. The minimum absolute atomic E-state index is 0.414. The largest absolute Gasteiger partial charge is 0.480 e. The van der Waals surface area contributed by atoms with Gasteiger partial charge in [0, 0.05) is 5.69 Å². The summed E-state index contributed by atoms with van der Waals surface area (Å²) in [5.74, 6) is 0.414. The maximum Gasteiger partial charge on any atom is 0.231 e. The van der Waals surface area contributed by atoms with Crippen LogP contribution in [0.25, 0.3) is 0 Å². The average molecular weight is 162 g/mol. The summed E-state index contributed by atoms with van der Waals surface area (Å²) >= 11 is 0. The topological polar surface area (TPSA) is 45.9 Å². The van der Waals surface area contributed by atoms with Crippen molar-refractivity contribution in [1.82, 2.24) is 4.98 Å². The number of methoxy groups -OCH3 is 1. The van der Waals surface area contributed by atoms with Crippen molar-refractivity contribution in [1.29, 1.82) is 5.26 Å². The molecule has 0 amide bonds. The van der Waals surface area contributed by atoms with E-state index in [2.05, 4.69) is 4.98 Å². The molecule has 0 aliphatic heterocycles. The molecule has 62 valence electrons. The predicted octanol–water partition coefficient (Wildman–Crippen LogP) is 1.52. The quantitative estimate of drug-likeness (QED) is 0.662. The molecule has 0 N–H and O–H groups in total. The molecule has 3 nitrogen and oxygen atoms in total. The van der Waals surface area contributed by atoms with Crippen LogP contribution in [0.2, 0.25) is 0 Å². The Hall–Kier alpha value is -1.56. The summed E-state index contributed by atoms with van der Waals surface area (Å²) in [6.07, 6.45) is 0.849. The van der Waals surface area contributed by atoms with E-state index in [0.717, 1.165) is 12.1 Å². The van der Waals surface area contributed by atoms with E-state index in [1.165, 1.54) is 7.11 Å². The third-order valence-corrected chi connectivity index (χ3v) is 1.59. The summed E-state index contributed by atoms with van der Waals surface area (Å²) in [4.78, 5) is 4.14. The second-order valence-electron chi connectivity index (χ2n) is 2.32. The summed E-state index contributed by atoms with van der Waals surface area (Å²) in [6.45, 7) is 2.01. The Morgan fingerprint density at radius 2 is 2.33 bits per heavy atom. The molecule has 1 aromatic rings. The van der Waals surface area contributed by atoms with Gasteiger partial charge in [0.1, 0.15) is 11.6 Å². The van der Waals surface area contributed by atoms with Crippen molar-refractivity contribution < 1.29 is 4.74 Å². The summed E-state index contributed by atoms with van der Waals surface area (Å²) in [5, 5.41) is 8.64. The van der Waals surface area contributed by atoms with Crippen LogP contribution in [0.1, 0.15) is 18.2 Å². The van der Waals surface area contributed by atoms with Gasteiger partial charge in [-0.05, 0) is 18.6 Å². The third kappa shape index (κ3) is 1.54. The Labute approximate surface area is 71.6 Å². The lowest BCUT2D eigenvalue weighted by Gasteiger charge is -2.02. The fraction of sp³-hybridized carbons (Fsp3) is 0.333. The number of ether oxygens (including phenoxy) is 1. The number of aromatic nitrogens is 1. The van der Waals surface area contributed by atoms with Crippen LogP contribution in [0.4, 0.5) is 0 Å². The molecule has 0 fully saturated rings. The van der Waals surface area contributed by atoms with Crippen LogP contribution in [0, 0.1) is 11.3 Å². The molecule has 0 atom stereocenters. The van der Waals surface area contributed by atoms with Crippen LogP contribution in [0.3, 0.4) is 0 Å². The van der Waals surface area contributed by atoms with Crippen LogP contribution < -0.4 is 4.74 Å². The van der Waals surface area contributed by atoms with E-state index in [1.54, 1.807) is 6.07 Å². The smallest absolute Gasteiger partial charge is 0.231 e. The lowest BCUT2D eigenvalue weighted by atomic mass is 10.2. The van der Waals surface area contributed by atoms with Crippen LogP contribution >= 0.6 is 0 Å². The normalized spacial score (nSPS) is 9.08. The standard InChI is InChI=1S/C9H10N2O/c1-3-8-5-4-7(6-10)9(11-8)12-2/h4-5H,3H2,1-2H3. The van der Waals surface area contributed by atoms with E-state index in [4.69, 9.17) is 10.00 Å². The van der Waals surface area contributed by atoms with E-state index in [-0.39, 0.29) is 0 Å². The van der Waals surface area contributed by atoms with Crippen molar-refractivity contribution in [2.75, 3.05) is 7.11 Å². The zero-order valence-corrected chi connectivity index (χ0v) is 7.16. The molecule has 1 rings (SSSR count). The minimum atomic E-state index is 0.414. The van der Waals surface area contributed by atoms with Crippen LogP contribution in [-0.4, -0.2) is 12.1 Å². The molecule has 12 heavy (non-hydrogen) atoms. The number of pyridine rings is 1. The van der Waals surface area contributed by atoms with E-state index in [1.807, 2.05) is 19.1 Å². The molecule has 0 radical (unpaired) electrons. The fourth-order valence-electron chi connectivity index (χ4n) is 0.916. The molecular weight excluding hydrogens is 152 g/mol. The Morgan fingerprint density at radius 1 is 1.58 bits per heavy atom. The Bertz CT molecular complexity index is 315. The molecule has 0 spiro atoms. The number of hydrogen-bond acceptors (Lipinski definition) is 3. The van der Waals surface area contributed by atoms with Crippen molar-refractivity contribution in [3.8, 4) is 11.9 Å². The lowest BCUT2D eigenvalue weighted by Crippen LogP contribution is -1.95. The average Bonchev–Trinajstić information content (AvgIpc) is 2.16. The molecule has 0 aromatic carbocycles. The first-order valence-corrected chi connectivity index (χ1v) is 3.75. The zero-order chi connectivity index (χ0) is 8.97. The molecule has 1 aromatic heterocycles. The molecule has 0 aliphatic rings. The van der Waals surface area contributed by atoms with E-state index in [0.29, 0.717) is 11.4 Å². The lowest BCUT2D eigenvalue weighted by molar-refractivity contribution is 0.395.